The summed E-state index contributed by atoms with van der Waals surface area (Å²) in [5, 5.41) is 18.2. The SMILES string of the molecule is CNc1cc2cc(-c3c(C)c(F)c(NC)c4[nH]ncc34)ccn2n1. The lowest BCUT2D eigenvalue weighted by Gasteiger charge is -2.13. The zero-order valence-corrected chi connectivity index (χ0v) is 13.6. The number of H-pyrrole nitrogens is 1. The predicted molar refractivity (Wildman–Crippen MR) is 94.1 cm³/mol. The second-order valence-electron chi connectivity index (χ2n) is 5.66. The van der Waals surface area contributed by atoms with E-state index < -0.39 is 0 Å². The Kier molecular flexibility index (Phi) is 3.16. The third-order valence-corrected chi connectivity index (χ3v) is 4.34. The van der Waals surface area contributed by atoms with Crippen LogP contribution in [0.3, 0.4) is 0 Å². The largest absolute Gasteiger partial charge is 0.384 e. The van der Waals surface area contributed by atoms with Crippen molar-refractivity contribution in [2.24, 2.45) is 0 Å². The minimum absolute atomic E-state index is 0.270. The average Bonchev–Trinajstić information content (AvgIpc) is 3.22. The number of pyridine rings is 1. The molecule has 1 aromatic carbocycles. The monoisotopic (exact) mass is 324 g/mol. The standard InChI is InChI=1S/C17H17FN6/c1-9-14(12-8-21-22-16(12)17(20-3)15(9)18)10-4-5-24-11(6-10)7-13(19-2)23-24/h4-8,20H,1-3H3,(H,19,23)(H,21,22). The fourth-order valence-electron chi connectivity index (χ4n) is 3.15. The van der Waals surface area contributed by atoms with E-state index in [0.29, 0.717) is 16.8 Å². The van der Waals surface area contributed by atoms with Crippen LogP contribution in [0.15, 0.2) is 30.6 Å². The van der Waals surface area contributed by atoms with Gasteiger partial charge in [-0.05, 0) is 35.7 Å². The molecule has 0 saturated carbocycles. The molecule has 0 amide bonds. The molecule has 0 aliphatic rings. The van der Waals surface area contributed by atoms with Gasteiger partial charge in [0.2, 0.25) is 0 Å². The van der Waals surface area contributed by atoms with Crippen LogP contribution in [0.5, 0.6) is 0 Å². The molecule has 122 valence electrons. The van der Waals surface area contributed by atoms with Crippen molar-refractivity contribution < 1.29 is 4.39 Å². The molecular formula is C17H17FN6. The van der Waals surface area contributed by atoms with Gasteiger partial charge in [0, 0.05) is 31.7 Å². The molecule has 4 aromatic rings. The van der Waals surface area contributed by atoms with Crippen molar-refractivity contribution in [3.63, 3.8) is 0 Å². The lowest BCUT2D eigenvalue weighted by Crippen LogP contribution is -1.99. The maximum atomic E-state index is 14.8. The number of nitrogens with zero attached hydrogens (tertiary/aromatic N) is 3. The van der Waals surface area contributed by atoms with Crippen molar-refractivity contribution in [1.29, 1.82) is 0 Å². The number of halogens is 1. The first-order chi connectivity index (χ1) is 11.6. The lowest BCUT2D eigenvalue weighted by atomic mass is 9.96. The van der Waals surface area contributed by atoms with Crippen LogP contribution in [-0.4, -0.2) is 33.9 Å². The third-order valence-electron chi connectivity index (χ3n) is 4.34. The molecule has 0 aliphatic heterocycles. The minimum Gasteiger partial charge on any atom is -0.384 e. The number of anilines is 2. The highest BCUT2D eigenvalue weighted by atomic mass is 19.1. The second kappa shape index (κ2) is 5.23. The number of hydrogen-bond donors (Lipinski definition) is 3. The number of nitrogens with one attached hydrogen (secondary N) is 3. The summed E-state index contributed by atoms with van der Waals surface area (Å²) in [5.74, 6) is 0.516. The Morgan fingerprint density at radius 3 is 2.79 bits per heavy atom. The summed E-state index contributed by atoms with van der Waals surface area (Å²) < 4.78 is 16.6. The van der Waals surface area contributed by atoms with Gasteiger partial charge < -0.3 is 10.6 Å². The average molecular weight is 324 g/mol. The Balaban J connectivity index is 2.02. The van der Waals surface area contributed by atoms with E-state index in [1.165, 1.54) is 0 Å². The molecule has 0 spiro atoms. The number of benzene rings is 1. The van der Waals surface area contributed by atoms with E-state index in [1.807, 2.05) is 31.4 Å². The van der Waals surface area contributed by atoms with Gasteiger partial charge >= 0.3 is 0 Å². The number of aromatic nitrogens is 4. The van der Waals surface area contributed by atoms with E-state index >= 15 is 0 Å². The molecule has 24 heavy (non-hydrogen) atoms. The molecule has 0 aliphatic carbocycles. The molecule has 0 radical (unpaired) electrons. The number of rotatable bonds is 3. The molecule has 7 heteroatoms. The van der Waals surface area contributed by atoms with Crippen LogP contribution in [0.25, 0.3) is 27.5 Å². The summed E-state index contributed by atoms with van der Waals surface area (Å²) in [4.78, 5) is 0. The first kappa shape index (κ1) is 14.5. The van der Waals surface area contributed by atoms with Crippen LogP contribution < -0.4 is 10.6 Å². The van der Waals surface area contributed by atoms with Gasteiger partial charge in [0.1, 0.15) is 5.82 Å². The van der Waals surface area contributed by atoms with Gasteiger partial charge in [-0.1, -0.05) is 0 Å². The zero-order chi connectivity index (χ0) is 16.8. The van der Waals surface area contributed by atoms with Crippen LogP contribution in [0.1, 0.15) is 5.56 Å². The molecule has 3 aromatic heterocycles. The van der Waals surface area contributed by atoms with Crippen molar-refractivity contribution >= 4 is 27.9 Å². The Bertz CT molecular complexity index is 1060. The normalized spacial score (nSPS) is 11.3. The summed E-state index contributed by atoms with van der Waals surface area (Å²) in [7, 11) is 3.53. The molecule has 0 atom stereocenters. The van der Waals surface area contributed by atoms with Crippen molar-refractivity contribution in [1.82, 2.24) is 19.8 Å². The molecule has 3 N–H and O–H groups in total. The van der Waals surface area contributed by atoms with Crippen LogP contribution in [-0.2, 0) is 0 Å². The summed E-state index contributed by atoms with van der Waals surface area (Å²) in [5.41, 5.74) is 4.39. The summed E-state index contributed by atoms with van der Waals surface area (Å²) in [6.07, 6.45) is 3.61. The summed E-state index contributed by atoms with van der Waals surface area (Å²) in [6, 6.07) is 5.89. The molecule has 0 fully saturated rings. The van der Waals surface area contributed by atoms with Crippen LogP contribution >= 0.6 is 0 Å². The maximum Gasteiger partial charge on any atom is 0.152 e. The highest BCUT2D eigenvalue weighted by Gasteiger charge is 2.19. The van der Waals surface area contributed by atoms with Crippen LogP contribution in [0.4, 0.5) is 15.9 Å². The summed E-state index contributed by atoms with van der Waals surface area (Å²) in [6.45, 7) is 1.79. The smallest absolute Gasteiger partial charge is 0.152 e. The molecule has 3 heterocycles. The first-order valence-electron chi connectivity index (χ1n) is 7.64. The van der Waals surface area contributed by atoms with Crippen molar-refractivity contribution in [2.75, 3.05) is 24.7 Å². The Morgan fingerprint density at radius 1 is 1.21 bits per heavy atom. The predicted octanol–water partition coefficient (Wildman–Crippen LogP) is 3.41. The Hall–Kier alpha value is -3.09. The topological polar surface area (TPSA) is 70.0 Å². The zero-order valence-electron chi connectivity index (χ0n) is 13.6. The van der Waals surface area contributed by atoms with Gasteiger partial charge in [0.05, 0.1) is 22.9 Å². The van der Waals surface area contributed by atoms with Crippen LogP contribution in [0.2, 0.25) is 0 Å². The molecule has 6 nitrogen and oxygen atoms in total. The van der Waals surface area contributed by atoms with Crippen molar-refractivity contribution in [3.8, 4) is 11.1 Å². The van der Waals surface area contributed by atoms with E-state index in [2.05, 4.69) is 25.9 Å². The molecule has 0 saturated heterocycles. The molecule has 0 bridgehead atoms. The second-order valence-corrected chi connectivity index (χ2v) is 5.66. The molecule has 4 rings (SSSR count). The molecular weight excluding hydrogens is 307 g/mol. The van der Waals surface area contributed by atoms with Gasteiger partial charge in [-0.2, -0.15) is 10.2 Å². The van der Waals surface area contributed by atoms with E-state index in [1.54, 1.807) is 24.7 Å². The van der Waals surface area contributed by atoms with Crippen LogP contribution in [0, 0.1) is 12.7 Å². The van der Waals surface area contributed by atoms with E-state index in [4.69, 9.17) is 0 Å². The quantitative estimate of drug-likeness (QED) is 0.540. The van der Waals surface area contributed by atoms with Gasteiger partial charge in [0.25, 0.3) is 0 Å². The van der Waals surface area contributed by atoms with Gasteiger partial charge in [0.15, 0.2) is 5.82 Å². The highest BCUT2D eigenvalue weighted by molar-refractivity contribution is 6.03. The van der Waals surface area contributed by atoms with E-state index in [-0.39, 0.29) is 5.82 Å². The van der Waals surface area contributed by atoms with Gasteiger partial charge in [-0.15, -0.1) is 0 Å². The van der Waals surface area contributed by atoms with E-state index in [9.17, 15) is 4.39 Å². The first-order valence-corrected chi connectivity index (χ1v) is 7.64. The Labute approximate surface area is 137 Å². The Morgan fingerprint density at radius 2 is 2.04 bits per heavy atom. The summed E-state index contributed by atoms with van der Waals surface area (Å²) >= 11 is 0. The maximum absolute atomic E-state index is 14.8. The fourth-order valence-corrected chi connectivity index (χ4v) is 3.15. The van der Waals surface area contributed by atoms with Gasteiger partial charge in [-0.3, -0.25) is 5.10 Å². The third kappa shape index (κ3) is 1.94. The number of aromatic amines is 1. The highest BCUT2D eigenvalue weighted by Crippen LogP contribution is 2.38. The van der Waals surface area contributed by atoms with Crippen molar-refractivity contribution in [2.45, 2.75) is 6.92 Å². The minimum atomic E-state index is -0.270. The molecule has 0 unspecified atom stereocenters. The van der Waals surface area contributed by atoms with E-state index in [0.717, 1.165) is 27.8 Å². The lowest BCUT2D eigenvalue weighted by molar-refractivity contribution is 0.624. The number of hydrogen-bond acceptors (Lipinski definition) is 4. The van der Waals surface area contributed by atoms with Gasteiger partial charge in [-0.25, -0.2) is 8.91 Å². The number of fused-ring (bicyclic) bond motifs is 2. The fraction of sp³-hybridized carbons (Fsp3) is 0.176. The van der Waals surface area contributed by atoms with Crippen molar-refractivity contribution in [3.05, 3.63) is 42.0 Å².